The minimum Gasteiger partial charge on any atom is -0.335 e. The molecule has 7 rings (SSSR count). The second-order valence-corrected chi connectivity index (χ2v) is 9.74. The lowest BCUT2D eigenvalue weighted by atomic mass is 9.95. The van der Waals surface area contributed by atoms with Gasteiger partial charge in [0.1, 0.15) is 5.69 Å². The van der Waals surface area contributed by atoms with Crippen LogP contribution in [0.1, 0.15) is 38.2 Å². The Balaban J connectivity index is 1.27. The van der Waals surface area contributed by atoms with E-state index in [9.17, 15) is 4.79 Å². The molecule has 5 heterocycles. The predicted octanol–water partition coefficient (Wildman–Crippen LogP) is 5.43. The molecule has 37 heavy (non-hydrogen) atoms. The van der Waals surface area contributed by atoms with E-state index in [1.165, 1.54) is 11.1 Å². The molecule has 0 aromatic carbocycles. The molecule has 3 N–H and O–H groups in total. The van der Waals surface area contributed by atoms with Gasteiger partial charge in [0.15, 0.2) is 11.5 Å². The van der Waals surface area contributed by atoms with Crippen molar-refractivity contribution in [2.75, 3.05) is 5.32 Å². The van der Waals surface area contributed by atoms with Crippen LogP contribution in [0.4, 0.5) is 5.69 Å². The Morgan fingerprint density at radius 1 is 1.05 bits per heavy atom. The number of hydrogen-bond acceptors (Lipinski definition) is 6. The lowest BCUT2D eigenvalue weighted by Crippen LogP contribution is -2.13. The molecule has 0 aliphatic heterocycles. The highest BCUT2D eigenvalue weighted by atomic mass is 16.2. The van der Waals surface area contributed by atoms with E-state index in [1.807, 2.05) is 18.3 Å². The summed E-state index contributed by atoms with van der Waals surface area (Å²) < 4.78 is 0. The second-order valence-electron chi connectivity index (χ2n) is 9.74. The summed E-state index contributed by atoms with van der Waals surface area (Å²) in [6.45, 7) is 2.12. The van der Waals surface area contributed by atoms with Gasteiger partial charge in [0.05, 0.1) is 34.5 Å². The summed E-state index contributed by atoms with van der Waals surface area (Å²) in [6.07, 6.45) is 17.3. The van der Waals surface area contributed by atoms with E-state index < -0.39 is 0 Å². The number of nitrogens with one attached hydrogen (secondary N) is 3. The van der Waals surface area contributed by atoms with Crippen LogP contribution in [0.2, 0.25) is 0 Å². The molecule has 9 heteroatoms. The number of aromatic amines is 2. The van der Waals surface area contributed by atoms with E-state index in [0.29, 0.717) is 22.9 Å². The molecule has 0 unspecified atom stereocenters. The molecule has 0 radical (unpaired) electrons. The number of allylic oxidation sites excluding steroid dienone is 4. The summed E-state index contributed by atoms with van der Waals surface area (Å²) in [6, 6.07) is 3.94. The third-order valence-corrected chi connectivity index (χ3v) is 6.95. The number of aromatic nitrogens is 7. The van der Waals surface area contributed by atoms with Gasteiger partial charge in [-0.2, -0.15) is 5.10 Å². The van der Waals surface area contributed by atoms with Crippen molar-refractivity contribution in [3.05, 3.63) is 66.4 Å². The van der Waals surface area contributed by atoms with E-state index in [1.54, 1.807) is 24.8 Å². The number of imidazole rings is 1. The van der Waals surface area contributed by atoms with Crippen molar-refractivity contribution in [3.63, 3.8) is 0 Å². The fourth-order valence-electron chi connectivity index (χ4n) is 4.85. The van der Waals surface area contributed by atoms with Crippen LogP contribution in [0.5, 0.6) is 0 Å². The van der Waals surface area contributed by atoms with Crippen LogP contribution in [0, 0.1) is 5.92 Å². The van der Waals surface area contributed by atoms with E-state index in [2.05, 4.69) is 54.5 Å². The number of carbonyl (C=O) groups is 1. The summed E-state index contributed by atoms with van der Waals surface area (Å²) >= 11 is 0. The molecule has 5 aromatic rings. The maximum Gasteiger partial charge on any atom is 0.227 e. The number of rotatable bonds is 5. The van der Waals surface area contributed by atoms with Crippen molar-refractivity contribution in [2.24, 2.45) is 5.92 Å². The van der Waals surface area contributed by atoms with Crippen molar-refractivity contribution in [3.8, 4) is 22.6 Å². The molecule has 1 saturated carbocycles. The Bertz CT molecular complexity index is 1750. The maximum absolute atomic E-state index is 12.2. The van der Waals surface area contributed by atoms with Crippen LogP contribution in [-0.2, 0) is 4.79 Å². The molecular formula is C28H24N8O. The number of amides is 1. The number of carbonyl (C=O) groups excluding carboxylic acids is 1. The first-order valence-corrected chi connectivity index (χ1v) is 12.4. The van der Waals surface area contributed by atoms with Gasteiger partial charge in [-0.25, -0.2) is 9.97 Å². The van der Waals surface area contributed by atoms with E-state index in [4.69, 9.17) is 4.98 Å². The van der Waals surface area contributed by atoms with Crippen LogP contribution in [0.3, 0.4) is 0 Å². The van der Waals surface area contributed by atoms with Crippen molar-refractivity contribution in [1.82, 2.24) is 35.1 Å². The van der Waals surface area contributed by atoms with Gasteiger partial charge >= 0.3 is 0 Å². The van der Waals surface area contributed by atoms with Crippen LogP contribution in [0.15, 0.2) is 60.8 Å². The molecule has 182 valence electrons. The van der Waals surface area contributed by atoms with E-state index >= 15 is 0 Å². The van der Waals surface area contributed by atoms with Crippen molar-refractivity contribution >= 4 is 39.2 Å². The molecule has 1 amide bonds. The van der Waals surface area contributed by atoms with Gasteiger partial charge in [-0.1, -0.05) is 17.7 Å². The van der Waals surface area contributed by atoms with Gasteiger partial charge in [0.2, 0.25) is 5.91 Å². The monoisotopic (exact) mass is 488 g/mol. The van der Waals surface area contributed by atoms with Gasteiger partial charge in [-0.3, -0.25) is 19.9 Å². The highest BCUT2D eigenvalue weighted by Gasteiger charge is 2.29. The van der Waals surface area contributed by atoms with Gasteiger partial charge in [-0.05, 0) is 50.3 Å². The Morgan fingerprint density at radius 2 is 1.92 bits per heavy atom. The highest BCUT2D eigenvalue weighted by Crippen LogP contribution is 2.34. The minimum absolute atomic E-state index is 0.0542. The van der Waals surface area contributed by atoms with Gasteiger partial charge in [0.25, 0.3) is 0 Å². The molecule has 2 aliphatic carbocycles. The number of hydrogen-bond donors (Lipinski definition) is 3. The largest absolute Gasteiger partial charge is 0.335 e. The molecule has 5 aromatic heterocycles. The normalized spacial score (nSPS) is 15.6. The van der Waals surface area contributed by atoms with E-state index in [0.717, 1.165) is 58.8 Å². The zero-order valence-corrected chi connectivity index (χ0v) is 20.2. The van der Waals surface area contributed by atoms with Crippen LogP contribution in [-0.4, -0.2) is 41.0 Å². The Hall–Kier alpha value is -4.66. The lowest BCUT2D eigenvalue weighted by molar-refractivity contribution is -0.117. The van der Waals surface area contributed by atoms with Crippen molar-refractivity contribution in [2.45, 2.75) is 32.6 Å². The Labute approximate surface area is 212 Å². The second kappa shape index (κ2) is 8.48. The first-order chi connectivity index (χ1) is 18.1. The van der Waals surface area contributed by atoms with Gasteiger partial charge < -0.3 is 10.3 Å². The summed E-state index contributed by atoms with van der Waals surface area (Å²) in [4.78, 5) is 33.9. The number of pyridine rings is 3. The predicted molar refractivity (Wildman–Crippen MR) is 142 cm³/mol. The molecule has 0 atom stereocenters. The maximum atomic E-state index is 12.2. The number of fused-ring (bicyclic) bond motifs is 2. The van der Waals surface area contributed by atoms with Crippen LogP contribution >= 0.6 is 0 Å². The Morgan fingerprint density at radius 3 is 2.78 bits per heavy atom. The number of anilines is 1. The SMILES string of the molecule is CC1=CCCC(c2cncc3[nH]c(-c4n[nH]c5ncc(-c6cncc(NC(=O)C7CC7)c6)cc45)nc23)=C1. The molecule has 1 fully saturated rings. The Kier molecular flexibility index (Phi) is 4.95. The summed E-state index contributed by atoms with van der Waals surface area (Å²) in [5.74, 6) is 0.838. The number of nitrogens with zero attached hydrogens (tertiary/aromatic N) is 5. The lowest BCUT2D eigenvalue weighted by Gasteiger charge is -2.11. The zero-order valence-electron chi connectivity index (χ0n) is 20.2. The summed E-state index contributed by atoms with van der Waals surface area (Å²) in [5, 5.41) is 11.4. The van der Waals surface area contributed by atoms with Crippen molar-refractivity contribution in [1.29, 1.82) is 0 Å². The molecule has 0 saturated heterocycles. The van der Waals surface area contributed by atoms with E-state index in [-0.39, 0.29) is 11.8 Å². The fraction of sp³-hybridized carbons (Fsp3) is 0.214. The first-order valence-electron chi connectivity index (χ1n) is 12.4. The van der Waals surface area contributed by atoms with Crippen LogP contribution in [0.25, 0.3) is 50.3 Å². The molecule has 0 bridgehead atoms. The minimum atomic E-state index is 0.0542. The van der Waals surface area contributed by atoms with Crippen LogP contribution < -0.4 is 5.32 Å². The fourth-order valence-corrected chi connectivity index (χ4v) is 4.85. The van der Waals surface area contributed by atoms with Crippen molar-refractivity contribution < 1.29 is 4.79 Å². The zero-order chi connectivity index (χ0) is 24.9. The van der Waals surface area contributed by atoms with Gasteiger partial charge in [-0.15, -0.1) is 0 Å². The summed E-state index contributed by atoms with van der Waals surface area (Å²) in [7, 11) is 0. The molecule has 0 spiro atoms. The summed E-state index contributed by atoms with van der Waals surface area (Å²) in [5.41, 5.74) is 9.06. The average Bonchev–Trinajstić information content (AvgIpc) is 3.55. The van der Waals surface area contributed by atoms with Gasteiger partial charge in [0, 0.05) is 41.2 Å². The number of H-pyrrole nitrogens is 2. The third-order valence-electron chi connectivity index (χ3n) is 6.95. The molecule has 9 nitrogen and oxygen atoms in total. The first kappa shape index (κ1) is 21.6. The highest BCUT2D eigenvalue weighted by molar-refractivity contribution is 5.97. The third kappa shape index (κ3) is 3.98. The quantitative estimate of drug-likeness (QED) is 0.303. The topological polar surface area (TPSA) is 125 Å². The standard InChI is InChI=1S/C28H24N8O/c1-15-3-2-4-17(7-15)22-13-30-14-23-24(22)34-27(33-23)25-21-9-19(11-31-26(21)36-35-25)18-8-20(12-29-10-18)32-28(37)16-5-6-16/h3,7-14,16H,2,4-6H2,1H3,(H,32,37)(H,33,34)(H,31,35,36). The molecule has 2 aliphatic rings. The molecular weight excluding hydrogens is 464 g/mol. The smallest absolute Gasteiger partial charge is 0.227 e. The average molecular weight is 489 g/mol.